The highest BCUT2D eigenvalue weighted by Gasteiger charge is 2.42. The van der Waals surface area contributed by atoms with Gasteiger partial charge in [-0.2, -0.15) is 0 Å². The fourth-order valence-corrected chi connectivity index (χ4v) is 3.75. The summed E-state index contributed by atoms with van der Waals surface area (Å²) in [6, 6.07) is 6.45. The van der Waals surface area contributed by atoms with Gasteiger partial charge in [0.05, 0.1) is 11.6 Å². The molecule has 1 aliphatic heterocycles. The normalized spacial score (nSPS) is 21.2. The second kappa shape index (κ2) is 6.24. The van der Waals surface area contributed by atoms with Gasteiger partial charge in [-0.15, -0.1) is 0 Å². The maximum absolute atomic E-state index is 6.21. The molecule has 1 fully saturated rings. The average Bonchev–Trinajstić information content (AvgIpc) is 2.97. The maximum Gasteiger partial charge on any atom is 0.161 e. The van der Waals surface area contributed by atoms with Gasteiger partial charge in [-0.3, -0.25) is 0 Å². The monoisotopic (exact) mass is 291 g/mol. The van der Waals surface area contributed by atoms with Crippen LogP contribution in [0.1, 0.15) is 44.2 Å². The van der Waals surface area contributed by atoms with Gasteiger partial charge in [-0.1, -0.05) is 18.9 Å². The van der Waals surface area contributed by atoms with E-state index in [2.05, 4.69) is 24.4 Å². The molecular formula is C17H25NO3. The highest BCUT2D eigenvalue weighted by molar-refractivity contribution is 5.45. The smallest absolute Gasteiger partial charge is 0.161 e. The summed E-state index contributed by atoms with van der Waals surface area (Å²) in [4.78, 5) is 0. The van der Waals surface area contributed by atoms with Gasteiger partial charge in [0.1, 0.15) is 13.2 Å². The number of likely N-dealkylation sites (N-methyl/N-ethyl adjacent to an activating group) is 1. The van der Waals surface area contributed by atoms with Gasteiger partial charge in [0.2, 0.25) is 0 Å². The van der Waals surface area contributed by atoms with Crippen LogP contribution < -0.4 is 14.8 Å². The molecule has 0 radical (unpaired) electrons. The lowest BCUT2D eigenvalue weighted by Crippen LogP contribution is -2.43. The van der Waals surface area contributed by atoms with E-state index in [1.54, 1.807) is 0 Å². The summed E-state index contributed by atoms with van der Waals surface area (Å²) < 4.78 is 17.5. The molecule has 2 aliphatic rings. The number of hydrogen-bond donors (Lipinski definition) is 1. The molecule has 0 bridgehead atoms. The van der Waals surface area contributed by atoms with Crippen molar-refractivity contribution in [2.45, 2.75) is 44.2 Å². The topological polar surface area (TPSA) is 39.7 Å². The molecule has 21 heavy (non-hydrogen) atoms. The van der Waals surface area contributed by atoms with Gasteiger partial charge in [-0.25, -0.2) is 0 Å². The number of benzene rings is 1. The third-order valence-electron chi connectivity index (χ3n) is 4.60. The van der Waals surface area contributed by atoms with Crippen molar-refractivity contribution in [2.75, 3.05) is 26.9 Å². The van der Waals surface area contributed by atoms with E-state index in [9.17, 15) is 0 Å². The summed E-state index contributed by atoms with van der Waals surface area (Å²) in [7, 11) is 2.01. The summed E-state index contributed by atoms with van der Waals surface area (Å²) >= 11 is 0. The number of ether oxygens (including phenoxy) is 3. The Bertz CT molecular complexity index is 483. The molecule has 1 N–H and O–H groups in total. The van der Waals surface area contributed by atoms with Gasteiger partial charge in [-0.05, 0) is 44.5 Å². The fraction of sp³-hybridized carbons (Fsp3) is 0.647. The Labute approximate surface area is 126 Å². The number of fused-ring (bicyclic) bond motifs is 1. The lowest BCUT2D eigenvalue weighted by molar-refractivity contribution is -0.0611. The third kappa shape index (κ3) is 2.74. The molecule has 4 heteroatoms. The Kier molecular flexibility index (Phi) is 4.36. The van der Waals surface area contributed by atoms with Gasteiger partial charge in [0.25, 0.3) is 0 Å². The zero-order valence-electron chi connectivity index (χ0n) is 13.0. The Morgan fingerprint density at radius 2 is 1.90 bits per heavy atom. The molecule has 116 valence electrons. The Morgan fingerprint density at radius 1 is 1.19 bits per heavy atom. The first-order valence-electron chi connectivity index (χ1n) is 8.00. The Hall–Kier alpha value is -1.26. The predicted molar refractivity (Wildman–Crippen MR) is 82.1 cm³/mol. The maximum atomic E-state index is 6.21. The molecule has 1 unspecified atom stereocenters. The van der Waals surface area contributed by atoms with Crippen molar-refractivity contribution in [3.8, 4) is 11.5 Å². The average molecular weight is 291 g/mol. The van der Waals surface area contributed by atoms with Crippen LogP contribution in [-0.2, 0) is 4.74 Å². The molecule has 1 saturated carbocycles. The molecule has 0 amide bonds. The first-order chi connectivity index (χ1) is 10.3. The molecule has 1 aliphatic carbocycles. The lowest BCUT2D eigenvalue weighted by Gasteiger charge is -2.38. The van der Waals surface area contributed by atoms with Crippen molar-refractivity contribution in [3.05, 3.63) is 23.8 Å². The van der Waals surface area contributed by atoms with Crippen molar-refractivity contribution < 1.29 is 14.2 Å². The predicted octanol–water partition coefficient (Wildman–Crippen LogP) is 3.07. The van der Waals surface area contributed by atoms with Crippen molar-refractivity contribution in [1.82, 2.24) is 5.32 Å². The molecule has 1 heterocycles. The van der Waals surface area contributed by atoms with Crippen molar-refractivity contribution >= 4 is 0 Å². The lowest BCUT2D eigenvalue weighted by atomic mass is 9.86. The fourth-order valence-electron chi connectivity index (χ4n) is 3.75. The largest absolute Gasteiger partial charge is 0.486 e. The molecule has 4 nitrogen and oxygen atoms in total. The quantitative estimate of drug-likeness (QED) is 0.905. The number of nitrogens with one attached hydrogen (secondary N) is 1. The van der Waals surface area contributed by atoms with Gasteiger partial charge in [0.15, 0.2) is 11.5 Å². The van der Waals surface area contributed by atoms with Crippen molar-refractivity contribution in [3.63, 3.8) is 0 Å². The van der Waals surface area contributed by atoms with Crippen LogP contribution in [0.4, 0.5) is 0 Å². The summed E-state index contributed by atoms with van der Waals surface area (Å²) in [6.45, 7) is 4.08. The summed E-state index contributed by atoms with van der Waals surface area (Å²) in [5.74, 6) is 1.69. The molecule has 0 aromatic heterocycles. The molecule has 1 aromatic rings. The first-order valence-corrected chi connectivity index (χ1v) is 8.00. The van der Waals surface area contributed by atoms with Crippen LogP contribution in [0, 0.1) is 0 Å². The van der Waals surface area contributed by atoms with Crippen LogP contribution in [0.5, 0.6) is 11.5 Å². The number of rotatable bonds is 5. The number of hydrogen-bond acceptors (Lipinski definition) is 4. The second-order valence-electron chi connectivity index (χ2n) is 5.83. The zero-order valence-corrected chi connectivity index (χ0v) is 13.0. The Morgan fingerprint density at radius 3 is 2.57 bits per heavy atom. The van der Waals surface area contributed by atoms with Crippen LogP contribution >= 0.6 is 0 Å². The van der Waals surface area contributed by atoms with E-state index in [1.165, 1.54) is 18.4 Å². The summed E-state index contributed by atoms with van der Waals surface area (Å²) in [6.07, 6.45) is 4.70. The zero-order chi connectivity index (χ0) is 14.7. The van der Waals surface area contributed by atoms with E-state index in [4.69, 9.17) is 14.2 Å². The minimum Gasteiger partial charge on any atom is -0.486 e. The molecule has 3 rings (SSSR count). The molecule has 1 aromatic carbocycles. The molecule has 1 atom stereocenters. The first kappa shape index (κ1) is 14.7. The summed E-state index contributed by atoms with van der Waals surface area (Å²) in [5.41, 5.74) is 1.13. The third-order valence-corrected chi connectivity index (χ3v) is 4.60. The van der Waals surface area contributed by atoms with Crippen LogP contribution in [0.2, 0.25) is 0 Å². The SMILES string of the molecule is CCOC1(C(NC)c2ccc3c(c2)OCCO3)CCCC1. The Balaban J connectivity index is 1.91. The standard InChI is InChI=1S/C17H25NO3/c1-3-21-17(8-4-5-9-17)16(18-2)13-6-7-14-15(12-13)20-11-10-19-14/h6-7,12,16,18H,3-5,8-11H2,1-2H3. The van der Waals surface area contributed by atoms with E-state index >= 15 is 0 Å². The molecular weight excluding hydrogens is 266 g/mol. The van der Waals surface area contributed by atoms with Crippen LogP contribution in [0.15, 0.2) is 18.2 Å². The van der Waals surface area contributed by atoms with Gasteiger partial charge >= 0.3 is 0 Å². The van der Waals surface area contributed by atoms with Crippen LogP contribution in [0.3, 0.4) is 0 Å². The minimum atomic E-state index is -0.0900. The van der Waals surface area contributed by atoms with E-state index in [0.717, 1.165) is 30.9 Å². The van der Waals surface area contributed by atoms with Crippen molar-refractivity contribution in [2.24, 2.45) is 0 Å². The van der Waals surface area contributed by atoms with E-state index in [1.807, 2.05) is 13.1 Å². The van der Waals surface area contributed by atoms with E-state index < -0.39 is 0 Å². The highest BCUT2D eigenvalue weighted by Crippen LogP contribution is 2.44. The molecule has 0 spiro atoms. The second-order valence-corrected chi connectivity index (χ2v) is 5.83. The van der Waals surface area contributed by atoms with Crippen LogP contribution in [-0.4, -0.2) is 32.5 Å². The van der Waals surface area contributed by atoms with Crippen LogP contribution in [0.25, 0.3) is 0 Å². The molecule has 0 saturated heterocycles. The van der Waals surface area contributed by atoms with Gasteiger partial charge in [0, 0.05) is 6.61 Å². The van der Waals surface area contributed by atoms with E-state index in [-0.39, 0.29) is 11.6 Å². The van der Waals surface area contributed by atoms with Gasteiger partial charge < -0.3 is 19.5 Å². The van der Waals surface area contributed by atoms with E-state index in [0.29, 0.717) is 13.2 Å². The van der Waals surface area contributed by atoms with Crippen molar-refractivity contribution in [1.29, 1.82) is 0 Å². The minimum absolute atomic E-state index is 0.0900. The highest BCUT2D eigenvalue weighted by atomic mass is 16.6. The summed E-state index contributed by atoms with van der Waals surface area (Å²) in [5, 5.41) is 3.47.